The zero-order valence-corrected chi connectivity index (χ0v) is 10.3. The molecule has 16 heavy (non-hydrogen) atoms. The SMILES string of the molecule is COc1ccc(OCCNCCCCl)cc1. The number of benzene rings is 1. The minimum atomic E-state index is 0.661. The molecule has 1 aromatic carbocycles. The number of hydrogen-bond acceptors (Lipinski definition) is 3. The molecule has 0 saturated carbocycles. The highest BCUT2D eigenvalue weighted by molar-refractivity contribution is 6.17. The first-order chi connectivity index (χ1) is 7.86. The van der Waals surface area contributed by atoms with Gasteiger partial charge in [0.15, 0.2) is 0 Å². The van der Waals surface area contributed by atoms with Crippen LogP contribution >= 0.6 is 11.6 Å². The summed E-state index contributed by atoms with van der Waals surface area (Å²) in [7, 11) is 1.65. The van der Waals surface area contributed by atoms with E-state index in [0.717, 1.165) is 31.0 Å². The van der Waals surface area contributed by atoms with E-state index in [4.69, 9.17) is 21.1 Å². The molecular weight excluding hydrogens is 226 g/mol. The molecule has 0 aliphatic heterocycles. The van der Waals surface area contributed by atoms with E-state index < -0.39 is 0 Å². The van der Waals surface area contributed by atoms with Gasteiger partial charge in [-0.3, -0.25) is 0 Å². The van der Waals surface area contributed by atoms with Gasteiger partial charge in [0, 0.05) is 12.4 Å². The van der Waals surface area contributed by atoms with Gasteiger partial charge in [-0.15, -0.1) is 11.6 Å². The fraction of sp³-hybridized carbons (Fsp3) is 0.500. The van der Waals surface area contributed by atoms with Crippen LogP contribution in [-0.4, -0.2) is 32.7 Å². The van der Waals surface area contributed by atoms with E-state index in [0.29, 0.717) is 12.5 Å². The van der Waals surface area contributed by atoms with E-state index in [9.17, 15) is 0 Å². The Hall–Kier alpha value is -0.930. The van der Waals surface area contributed by atoms with Crippen molar-refractivity contribution < 1.29 is 9.47 Å². The zero-order chi connectivity index (χ0) is 11.6. The zero-order valence-electron chi connectivity index (χ0n) is 9.54. The van der Waals surface area contributed by atoms with Crippen LogP contribution in [0.1, 0.15) is 6.42 Å². The minimum Gasteiger partial charge on any atom is -0.497 e. The van der Waals surface area contributed by atoms with Gasteiger partial charge >= 0.3 is 0 Å². The maximum Gasteiger partial charge on any atom is 0.119 e. The summed E-state index contributed by atoms with van der Waals surface area (Å²) in [5.41, 5.74) is 0. The van der Waals surface area contributed by atoms with Crippen LogP contribution in [0.15, 0.2) is 24.3 Å². The van der Waals surface area contributed by atoms with E-state index >= 15 is 0 Å². The number of hydrogen-bond donors (Lipinski definition) is 1. The molecule has 0 unspecified atom stereocenters. The molecule has 0 heterocycles. The van der Waals surface area contributed by atoms with Crippen molar-refractivity contribution in [2.75, 3.05) is 32.7 Å². The number of rotatable bonds is 8. The summed E-state index contributed by atoms with van der Waals surface area (Å²) >= 11 is 5.56. The first-order valence-corrected chi connectivity index (χ1v) is 5.94. The molecule has 1 rings (SSSR count). The summed E-state index contributed by atoms with van der Waals surface area (Å²) in [6.07, 6.45) is 0.990. The Bertz CT molecular complexity index is 277. The first kappa shape index (κ1) is 13.1. The fourth-order valence-electron chi connectivity index (χ4n) is 1.23. The van der Waals surface area contributed by atoms with E-state index in [1.807, 2.05) is 24.3 Å². The predicted molar refractivity (Wildman–Crippen MR) is 66.7 cm³/mol. The van der Waals surface area contributed by atoms with Crippen LogP contribution in [0.4, 0.5) is 0 Å². The van der Waals surface area contributed by atoms with Gasteiger partial charge in [-0.05, 0) is 37.2 Å². The monoisotopic (exact) mass is 243 g/mol. The quantitative estimate of drug-likeness (QED) is 0.561. The van der Waals surface area contributed by atoms with Gasteiger partial charge in [-0.25, -0.2) is 0 Å². The van der Waals surface area contributed by atoms with Crippen LogP contribution < -0.4 is 14.8 Å². The van der Waals surface area contributed by atoms with Crippen LogP contribution in [0.3, 0.4) is 0 Å². The fourth-order valence-corrected chi connectivity index (χ4v) is 1.36. The Morgan fingerprint density at radius 3 is 2.44 bits per heavy atom. The Labute approximate surface area is 102 Å². The lowest BCUT2D eigenvalue weighted by Gasteiger charge is -2.07. The van der Waals surface area contributed by atoms with Crippen LogP contribution in [-0.2, 0) is 0 Å². The van der Waals surface area contributed by atoms with Gasteiger partial charge < -0.3 is 14.8 Å². The molecule has 0 aliphatic rings. The molecule has 3 nitrogen and oxygen atoms in total. The van der Waals surface area contributed by atoms with Crippen molar-refractivity contribution in [2.24, 2.45) is 0 Å². The lowest BCUT2D eigenvalue weighted by Crippen LogP contribution is -2.22. The van der Waals surface area contributed by atoms with Gasteiger partial charge in [0.25, 0.3) is 0 Å². The molecule has 0 fully saturated rings. The summed E-state index contributed by atoms with van der Waals surface area (Å²) in [4.78, 5) is 0. The first-order valence-electron chi connectivity index (χ1n) is 5.40. The molecule has 90 valence electrons. The molecular formula is C12H18ClNO2. The lowest BCUT2D eigenvalue weighted by molar-refractivity contribution is 0.313. The third-order valence-corrected chi connectivity index (χ3v) is 2.36. The molecule has 0 atom stereocenters. The van der Waals surface area contributed by atoms with Crippen molar-refractivity contribution in [2.45, 2.75) is 6.42 Å². The van der Waals surface area contributed by atoms with Gasteiger partial charge in [0.1, 0.15) is 18.1 Å². The highest BCUT2D eigenvalue weighted by Gasteiger charge is 1.94. The maximum atomic E-state index is 5.56. The van der Waals surface area contributed by atoms with Gasteiger partial charge in [-0.2, -0.15) is 0 Å². The Kier molecular flexibility index (Phi) is 6.77. The largest absolute Gasteiger partial charge is 0.497 e. The minimum absolute atomic E-state index is 0.661. The van der Waals surface area contributed by atoms with Crippen LogP contribution in [0, 0.1) is 0 Å². The molecule has 1 N–H and O–H groups in total. The van der Waals surface area contributed by atoms with Crippen LogP contribution in [0.25, 0.3) is 0 Å². The Morgan fingerprint density at radius 1 is 1.12 bits per heavy atom. The van der Waals surface area contributed by atoms with E-state index in [2.05, 4.69) is 5.32 Å². The van der Waals surface area contributed by atoms with Gasteiger partial charge in [-0.1, -0.05) is 0 Å². The third-order valence-electron chi connectivity index (χ3n) is 2.09. The second kappa shape index (κ2) is 8.25. The summed E-state index contributed by atoms with van der Waals surface area (Å²) in [5.74, 6) is 2.40. The van der Waals surface area contributed by atoms with Crippen molar-refractivity contribution in [3.05, 3.63) is 24.3 Å². The molecule has 0 radical (unpaired) electrons. The van der Waals surface area contributed by atoms with Gasteiger partial charge in [0.05, 0.1) is 7.11 Å². The normalized spacial score (nSPS) is 10.1. The highest BCUT2D eigenvalue weighted by atomic mass is 35.5. The van der Waals surface area contributed by atoms with Crippen molar-refractivity contribution in [1.29, 1.82) is 0 Å². The summed E-state index contributed by atoms with van der Waals surface area (Å²) in [6.45, 7) is 2.44. The summed E-state index contributed by atoms with van der Waals surface area (Å²) in [6, 6.07) is 7.57. The molecule has 0 amide bonds. The summed E-state index contributed by atoms with van der Waals surface area (Å²) in [5, 5.41) is 3.24. The third kappa shape index (κ3) is 5.24. The van der Waals surface area contributed by atoms with E-state index in [1.165, 1.54) is 0 Å². The lowest BCUT2D eigenvalue weighted by atomic mass is 10.3. The average Bonchev–Trinajstić information content (AvgIpc) is 2.34. The second-order valence-corrected chi connectivity index (χ2v) is 3.69. The Balaban J connectivity index is 2.12. The van der Waals surface area contributed by atoms with Crippen molar-refractivity contribution in [3.8, 4) is 11.5 Å². The Morgan fingerprint density at radius 2 is 1.81 bits per heavy atom. The molecule has 0 aromatic heterocycles. The van der Waals surface area contributed by atoms with Crippen molar-refractivity contribution >= 4 is 11.6 Å². The average molecular weight is 244 g/mol. The van der Waals surface area contributed by atoms with E-state index in [-0.39, 0.29) is 0 Å². The smallest absolute Gasteiger partial charge is 0.119 e. The topological polar surface area (TPSA) is 30.5 Å². The molecule has 0 saturated heterocycles. The number of halogens is 1. The van der Waals surface area contributed by atoms with Crippen LogP contribution in [0.2, 0.25) is 0 Å². The molecule has 0 aliphatic carbocycles. The maximum absolute atomic E-state index is 5.56. The van der Waals surface area contributed by atoms with Crippen LogP contribution in [0.5, 0.6) is 11.5 Å². The van der Waals surface area contributed by atoms with E-state index in [1.54, 1.807) is 7.11 Å². The standard InChI is InChI=1S/C12H18ClNO2/c1-15-11-3-5-12(6-4-11)16-10-9-14-8-2-7-13/h3-6,14H,2,7-10H2,1H3. The summed E-state index contributed by atoms with van der Waals surface area (Å²) < 4.78 is 10.6. The van der Waals surface area contributed by atoms with Gasteiger partial charge in [0.2, 0.25) is 0 Å². The molecule has 0 spiro atoms. The van der Waals surface area contributed by atoms with Crippen molar-refractivity contribution in [1.82, 2.24) is 5.32 Å². The number of ether oxygens (including phenoxy) is 2. The number of nitrogens with one attached hydrogen (secondary N) is 1. The molecule has 4 heteroatoms. The second-order valence-electron chi connectivity index (χ2n) is 3.32. The number of methoxy groups -OCH3 is 1. The predicted octanol–water partition coefficient (Wildman–Crippen LogP) is 2.29. The van der Waals surface area contributed by atoms with Crippen molar-refractivity contribution in [3.63, 3.8) is 0 Å². The number of alkyl halides is 1. The molecule has 1 aromatic rings. The highest BCUT2D eigenvalue weighted by Crippen LogP contribution is 2.16. The molecule has 0 bridgehead atoms.